The molecule has 0 aliphatic carbocycles. The molecule has 0 heterocycles. The van der Waals surface area contributed by atoms with Crippen LogP contribution in [0.3, 0.4) is 0 Å². The normalized spacial score (nSPS) is 12.4. The molecule has 2 N–H and O–H groups in total. The molecule has 0 aromatic rings. The fourth-order valence-electron chi connectivity index (χ4n) is 0.910. The number of alkyl carbamates (subject to hydrolysis) is 1. The van der Waals surface area contributed by atoms with Crippen LogP contribution in [0, 0.1) is 18.3 Å². The van der Waals surface area contributed by atoms with Crippen LogP contribution in [0.2, 0.25) is 0 Å². The second-order valence-corrected chi connectivity index (χ2v) is 4.33. The topological polar surface area (TPSA) is 75.6 Å². The Balaban J connectivity index is 4.08. The van der Waals surface area contributed by atoms with E-state index in [0.29, 0.717) is 0 Å². The maximum atomic E-state index is 11.2. The summed E-state index contributed by atoms with van der Waals surface area (Å²) >= 11 is 0. The van der Waals surface area contributed by atoms with Crippen LogP contribution in [0.4, 0.5) is 4.79 Å². The summed E-state index contributed by atoms with van der Waals surface area (Å²) in [7, 11) is 0. The lowest BCUT2D eigenvalue weighted by Gasteiger charge is -2.20. The van der Waals surface area contributed by atoms with E-state index in [4.69, 9.17) is 16.3 Å². The maximum absolute atomic E-state index is 11.2. The SMILES string of the molecule is C#CC[C@H](CNC(=O)OC(C)(C)C)C(=O)O. The predicted octanol–water partition coefficient (Wildman–Crippen LogP) is 1.24. The number of carbonyl (C=O) groups excluding carboxylic acids is 1. The third-order valence-corrected chi connectivity index (χ3v) is 1.61. The van der Waals surface area contributed by atoms with Crippen LogP contribution in [-0.4, -0.2) is 29.3 Å². The summed E-state index contributed by atoms with van der Waals surface area (Å²) < 4.78 is 4.95. The third-order valence-electron chi connectivity index (χ3n) is 1.61. The van der Waals surface area contributed by atoms with Crippen molar-refractivity contribution in [2.24, 2.45) is 5.92 Å². The van der Waals surface area contributed by atoms with Gasteiger partial charge in [0.1, 0.15) is 5.60 Å². The van der Waals surface area contributed by atoms with Crippen molar-refractivity contribution in [1.29, 1.82) is 0 Å². The maximum Gasteiger partial charge on any atom is 0.407 e. The summed E-state index contributed by atoms with van der Waals surface area (Å²) in [6, 6.07) is 0. The van der Waals surface area contributed by atoms with Gasteiger partial charge in [-0.15, -0.1) is 12.3 Å². The first-order valence-corrected chi connectivity index (χ1v) is 4.89. The van der Waals surface area contributed by atoms with Gasteiger partial charge in [-0.05, 0) is 20.8 Å². The van der Waals surface area contributed by atoms with Crippen molar-refractivity contribution in [3.63, 3.8) is 0 Å². The molecule has 5 nitrogen and oxygen atoms in total. The van der Waals surface area contributed by atoms with Gasteiger partial charge in [0, 0.05) is 13.0 Å². The van der Waals surface area contributed by atoms with Crippen LogP contribution >= 0.6 is 0 Å². The Bertz CT molecular complexity index is 298. The number of carboxylic acid groups (broad SMARTS) is 1. The van der Waals surface area contributed by atoms with Crippen molar-refractivity contribution in [1.82, 2.24) is 5.32 Å². The van der Waals surface area contributed by atoms with Crippen molar-refractivity contribution in [2.45, 2.75) is 32.8 Å². The number of hydrogen-bond donors (Lipinski definition) is 2. The molecule has 5 heteroatoms. The second-order valence-electron chi connectivity index (χ2n) is 4.33. The fraction of sp³-hybridized carbons (Fsp3) is 0.636. The van der Waals surface area contributed by atoms with Gasteiger partial charge in [0.2, 0.25) is 0 Å². The lowest BCUT2D eigenvalue weighted by Crippen LogP contribution is -2.37. The molecule has 0 aromatic carbocycles. The van der Waals surface area contributed by atoms with E-state index in [1.54, 1.807) is 20.8 Å². The Labute approximate surface area is 95.2 Å². The first kappa shape index (κ1) is 14.3. The highest BCUT2D eigenvalue weighted by molar-refractivity contribution is 5.73. The molecule has 0 unspecified atom stereocenters. The Hall–Kier alpha value is -1.70. The summed E-state index contributed by atoms with van der Waals surface area (Å²) in [6.45, 7) is 5.14. The van der Waals surface area contributed by atoms with Crippen LogP contribution in [0.15, 0.2) is 0 Å². The van der Waals surface area contributed by atoms with E-state index in [2.05, 4.69) is 11.2 Å². The molecule has 0 saturated carbocycles. The van der Waals surface area contributed by atoms with Crippen molar-refractivity contribution < 1.29 is 19.4 Å². The van der Waals surface area contributed by atoms with E-state index in [-0.39, 0.29) is 13.0 Å². The first-order valence-electron chi connectivity index (χ1n) is 4.89. The predicted molar refractivity (Wildman–Crippen MR) is 58.8 cm³/mol. The Morgan fingerprint density at radius 1 is 1.50 bits per heavy atom. The second kappa shape index (κ2) is 6.01. The summed E-state index contributed by atoms with van der Waals surface area (Å²) in [5.41, 5.74) is -0.602. The van der Waals surface area contributed by atoms with Crippen LogP contribution in [0.1, 0.15) is 27.2 Å². The lowest BCUT2D eigenvalue weighted by atomic mass is 10.1. The number of amides is 1. The quantitative estimate of drug-likeness (QED) is 0.708. The van der Waals surface area contributed by atoms with Crippen LogP contribution in [0.5, 0.6) is 0 Å². The number of ether oxygens (including phenoxy) is 1. The molecule has 16 heavy (non-hydrogen) atoms. The Morgan fingerprint density at radius 2 is 2.06 bits per heavy atom. The smallest absolute Gasteiger partial charge is 0.407 e. The van der Waals surface area contributed by atoms with E-state index in [1.165, 1.54) is 0 Å². The minimum atomic E-state index is -1.03. The molecule has 0 aliphatic heterocycles. The third kappa shape index (κ3) is 6.71. The molecule has 90 valence electrons. The van der Waals surface area contributed by atoms with Crippen molar-refractivity contribution in [2.75, 3.05) is 6.54 Å². The van der Waals surface area contributed by atoms with Crippen LogP contribution in [-0.2, 0) is 9.53 Å². The van der Waals surface area contributed by atoms with E-state index >= 15 is 0 Å². The summed E-state index contributed by atoms with van der Waals surface area (Å²) in [6.07, 6.45) is 4.45. The van der Waals surface area contributed by atoms with Gasteiger partial charge >= 0.3 is 12.1 Å². The van der Waals surface area contributed by atoms with Gasteiger partial charge in [-0.1, -0.05) is 0 Å². The molecule has 0 spiro atoms. The molecular weight excluding hydrogens is 210 g/mol. The van der Waals surface area contributed by atoms with E-state index < -0.39 is 23.6 Å². The minimum Gasteiger partial charge on any atom is -0.481 e. The zero-order chi connectivity index (χ0) is 12.8. The van der Waals surface area contributed by atoms with Crippen molar-refractivity contribution in [3.05, 3.63) is 0 Å². The van der Waals surface area contributed by atoms with E-state index in [0.717, 1.165) is 0 Å². The van der Waals surface area contributed by atoms with Gasteiger partial charge < -0.3 is 15.2 Å². The largest absolute Gasteiger partial charge is 0.481 e. The van der Waals surface area contributed by atoms with Crippen LogP contribution < -0.4 is 5.32 Å². The highest BCUT2D eigenvalue weighted by Crippen LogP contribution is 2.07. The number of carbonyl (C=O) groups is 2. The van der Waals surface area contributed by atoms with Gasteiger partial charge in [0.15, 0.2) is 0 Å². The zero-order valence-electron chi connectivity index (χ0n) is 9.74. The molecule has 0 bridgehead atoms. The number of terminal acetylenes is 1. The van der Waals surface area contributed by atoms with Gasteiger partial charge in [-0.3, -0.25) is 4.79 Å². The highest BCUT2D eigenvalue weighted by Gasteiger charge is 2.20. The molecule has 0 fully saturated rings. The standard InChI is InChI=1S/C11H17NO4/c1-5-6-8(9(13)14)7-12-10(15)16-11(2,3)4/h1,8H,6-7H2,2-4H3,(H,12,15)(H,13,14)/t8-/m1/s1. The molecule has 1 atom stereocenters. The van der Waals surface area contributed by atoms with Crippen LogP contribution in [0.25, 0.3) is 0 Å². The van der Waals surface area contributed by atoms with E-state index in [9.17, 15) is 9.59 Å². The lowest BCUT2D eigenvalue weighted by molar-refractivity contribution is -0.141. The van der Waals surface area contributed by atoms with Gasteiger partial charge in [0.05, 0.1) is 5.92 Å². The molecule has 0 aromatic heterocycles. The minimum absolute atomic E-state index is 0.0333. The summed E-state index contributed by atoms with van der Waals surface area (Å²) in [5.74, 6) is 0.435. The number of rotatable bonds is 4. The molecule has 0 rings (SSSR count). The Kier molecular flexibility index (Phi) is 5.37. The zero-order valence-corrected chi connectivity index (χ0v) is 9.74. The molecule has 0 aliphatic rings. The summed E-state index contributed by atoms with van der Waals surface area (Å²) in [4.78, 5) is 21.9. The average Bonchev–Trinajstić information content (AvgIpc) is 2.08. The highest BCUT2D eigenvalue weighted by atomic mass is 16.6. The van der Waals surface area contributed by atoms with Gasteiger partial charge in [0.25, 0.3) is 0 Å². The number of carboxylic acids is 1. The molecule has 1 amide bonds. The van der Waals surface area contributed by atoms with Crippen molar-refractivity contribution >= 4 is 12.1 Å². The van der Waals surface area contributed by atoms with Gasteiger partial charge in [-0.25, -0.2) is 4.79 Å². The molecular formula is C11H17NO4. The first-order chi connectivity index (χ1) is 7.26. The number of aliphatic carboxylic acids is 1. The number of nitrogens with one attached hydrogen (secondary N) is 1. The molecule has 0 radical (unpaired) electrons. The summed E-state index contributed by atoms with van der Waals surface area (Å²) in [5, 5.41) is 11.1. The fourth-order valence-corrected chi connectivity index (χ4v) is 0.910. The average molecular weight is 227 g/mol. The monoisotopic (exact) mass is 227 g/mol. The Morgan fingerprint density at radius 3 is 2.44 bits per heavy atom. The van der Waals surface area contributed by atoms with Crippen molar-refractivity contribution in [3.8, 4) is 12.3 Å². The van der Waals surface area contributed by atoms with Gasteiger partial charge in [-0.2, -0.15) is 0 Å². The number of hydrogen-bond acceptors (Lipinski definition) is 3. The molecule has 0 saturated heterocycles. The van der Waals surface area contributed by atoms with E-state index in [1.807, 2.05) is 0 Å².